The van der Waals surface area contributed by atoms with Crippen molar-refractivity contribution in [3.8, 4) is 11.5 Å². The van der Waals surface area contributed by atoms with Gasteiger partial charge in [0.2, 0.25) is 0 Å². The Kier molecular flexibility index (Phi) is 8.03. The van der Waals surface area contributed by atoms with E-state index in [0.717, 1.165) is 5.56 Å². The van der Waals surface area contributed by atoms with Crippen molar-refractivity contribution in [1.29, 1.82) is 0 Å². The summed E-state index contributed by atoms with van der Waals surface area (Å²) < 4.78 is 16.0. The number of amides is 2. The molecular formula is C19H22Cl2N2O4. The second-order valence-electron chi connectivity index (χ2n) is 5.70. The molecule has 6 nitrogen and oxygen atoms in total. The molecular weight excluding hydrogens is 391 g/mol. The van der Waals surface area contributed by atoms with Crippen molar-refractivity contribution in [2.45, 2.75) is 13.0 Å². The maximum atomic E-state index is 12.3. The molecule has 2 aromatic rings. The van der Waals surface area contributed by atoms with Gasteiger partial charge in [0, 0.05) is 12.1 Å². The largest absolute Gasteiger partial charge is 0.493 e. The summed E-state index contributed by atoms with van der Waals surface area (Å²) in [7, 11) is 3.17. The number of nitrogens with one attached hydrogen (secondary N) is 2. The molecule has 0 aliphatic heterocycles. The van der Waals surface area contributed by atoms with Crippen LogP contribution < -0.4 is 20.1 Å². The molecule has 0 aliphatic carbocycles. The first-order chi connectivity index (χ1) is 12.9. The SMILES string of the molecule is COCCOc1ccc(C(C)NC(=O)Nc2cc(Cl)ccc2Cl)cc1OC. The van der Waals surface area contributed by atoms with E-state index < -0.39 is 6.03 Å². The van der Waals surface area contributed by atoms with Crippen LogP contribution in [0.25, 0.3) is 0 Å². The van der Waals surface area contributed by atoms with Crippen LogP contribution in [0.3, 0.4) is 0 Å². The summed E-state index contributed by atoms with van der Waals surface area (Å²) in [6.07, 6.45) is 0. The second-order valence-corrected chi connectivity index (χ2v) is 6.54. The van der Waals surface area contributed by atoms with Gasteiger partial charge in [-0.2, -0.15) is 0 Å². The number of anilines is 1. The van der Waals surface area contributed by atoms with E-state index in [-0.39, 0.29) is 6.04 Å². The fourth-order valence-corrected chi connectivity index (χ4v) is 2.68. The van der Waals surface area contributed by atoms with Gasteiger partial charge >= 0.3 is 6.03 Å². The summed E-state index contributed by atoms with van der Waals surface area (Å²) in [6.45, 7) is 2.76. The average molecular weight is 413 g/mol. The monoisotopic (exact) mass is 412 g/mol. The molecule has 1 unspecified atom stereocenters. The zero-order valence-electron chi connectivity index (χ0n) is 15.3. The molecule has 0 aromatic heterocycles. The lowest BCUT2D eigenvalue weighted by molar-refractivity contribution is 0.144. The minimum atomic E-state index is -0.397. The summed E-state index contributed by atoms with van der Waals surface area (Å²) in [6, 6.07) is 9.67. The summed E-state index contributed by atoms with van der Waals surface area (Å²) in [5, 5.41) is 6.42. The van der Waals surface area contributed by atoms with Crippen LogP contribution in [0.2, 0.25) is 10.0 Å². The van der Waals surface area contributed by atoms with Crippen LogP contribution in [0, 0.1) is 0 Å². The topological polar surface area (TPSA) is 68.8 Å². The molecule has 0 saturated carbocycles. The van der Waals surface area contributed by atoms with Gasteiger partial charge in [0.1, 0.15) is 6.61 Å². The minimum Gasteiger partial charge on any atom is -0.493 e. The Hall–Kier alpha value is -2.15. The van der Waals surface area contributed by atoms with E-state index in [1.54, 1.807) is 38.5 Å². The molecule has 0 fully saturated rings. The number of halogens is 2. The molecule has 2 rings (SSSR count). The summed E-state index contributed by atoms with van der Waals surface area (Å²) >= 11 is 12.0. The Labute approximate surface area is 168 Å². The van der Waals surface area contributed by atoms with E-state index in [0.29, 0.717) is 40.4 Å². The van der Waals surface area contributed by atoms with Gasteiger partial charge in [-0.25, -0.2) is 4.79 Å². The van der Waals surface area contributed by atoms with Crippen molar-refractivity contribution in [3.05, 3.63) is 52.0 Å². The summed E-state index contributed by atoms with van der Waals surface area (Å²) in [5.41, 5.74) is 1.30. The molecule has 27 heavy (non-hydrogen) atoms. The third kappa shape index (κ3) is 6.20. The van der Waals surface area contributed by atoms with E-state index >= 15 is 0 Å². The minimum absolute atomic E-state index is 0.273. The van der Waals surface area contributed by atoms with Crippen molar-refractivity contribution in [2.75, 3.05) is 32.8 Å². The number of hydrogen-bond acceptors (Lipinski definition) is 4. The van der Waals surface area contributed by atoms with Crippen LogP contribution in [0.1, 0.15) is 18.5 Å². The molecule has 0 radical (unpaired) electrons. The molecule has 0 heterocycles. The number of hydrogen-bond donors (Lipinski definition) is 2. The van der Waals surface area contributed by atoms with Gasteiger partial charge in [-0.05, 0) is 42.8 Å². The molecule has 2 aromatic carbocycles. The number of methoxy groups -OCH3 is 2. The van der Waals surface area contributed by atoms with Gasteiger partial charge in [0.05, 0.1) is 30.5 Å². The summed E-state index contributed by atoms with van der Waals surface area (Å²) in [4.78, 5) is 12.3. The predicted octanol–water partition coefficient (Wildman–Crippen LogP) is 4.91. The van der Waals surface area contributed by atoms with Crippen molar-refractivity contribution in [1.82, 2.24) is 5.32 Å². The van der Waals surface area contributed by atoms with E-state index in [4.69, 9.17) is 37.4 Å². The number of benzene rings is 2. The van der Waals surface area contributed by atoms with Crippen molar-refractivity contribution >= 4 is 34.9 Å². The number of ether oxygens (including phenoxy) is 3. The Morgan fingerprint density at radius 3 is 2.56 bits per heavy atom. The third-order valence-corrected chi connectivity index (χ3v) is 4.32. The van der Waals surface area contributed by atoms with E-state index in [1.807, 2.05) is 19.1 Å². The lowest BCUT2D eigenvalue weighted by atomic mass is 10.1. The fraction of sp³-hybridized carbons (Fsp3) is 0.316. The molecule has 0 saturated heterocycles. The fourth-order valence-electron chi connectivity index (χ4n) is 2.34. The van der Waals surface area contributed by atoms with E-state index in [2.05, 4.69) is 10.6 Å². The Bertz CT molecular complexity index is 786. The maximum Gasteiger partial charge on any atom is 0.319 e. The van der Waals surface area contributed by atoms with Gasteiger partial charge in [-0.15, -0.1) is 0 Å². The molecule has 2 amide bonds. The molecule has 0 spiro atoms. The standard InChI is InChI=1S/C19H22Cl2N2O4/c1-12(22-19(24)23-16-11-14(20)5-6-15(16)21)13-4-7-17(18(10-13)26-3)27-9-8-25-2/h4-7,10-12H,8-9H2,1-3H3,(H2,22,23,24). The highest BCUT2D eigenvalue weighted by molar-refractivity contribution is 6.35. The van der Waals surface area contributed by atoms with Crippen LogP contribution in [-0.2, 0) is 4.74 Å². The molecule has 1 atom stereocenters. The number of carbonyl (C=O) groups is 1. The quantitative estimate of drug-likeness (QED) is 0.604. The highest BCUT2D eigenvalue weighted by Crippen LogP contribution is 2.30. The van der Waals surface area contributed by atoms with Crippen LogP contribution in [0.5, 0.6) is 11.5 Å². The second kappa shape index (κ2) is 10.3. The van der Waals surface area contributed by atoms with Crippen molar-refractivity contribution < 1.29 is 19.0 Å². The van der Waals surface area contributed by atoms with E-state index in [1.165, 1.54) is 0 Å². The Morgan fingerprint density at radius 1 is 1.07 bits per heavy atom. The Morgan fingerprint density at radius 2 is 1.85 bits per heavy atom. The molecule has 146 valence electrons. The van der Waals surface area contributed by atoms with E-state index in [9.17, 15) is 4.79 Å². The Balaban J connectivity index is 2.02. The molecule has 0 aliphatic rings. The molecule has 8 heteroatoms. The third-order valence-electron chi connectivity index (χ3n) is 3.76. The van der Waals surface area contributed by atoms with Gasteiger partial charge in [0.15, 0.2) is 11.5 Å². The molecule has 2 N–H and O–H groups in total. The van der Waals surface area contributed by atoms with Crippen molar-refractivity contribution in [3.63, 3.8) is 0 Å². The lowest BCUT2D eigenvalue weighted by Crippen LogP contribution is -2.31. The number of rotatable bonds is 8. The highest BCUT2D eigenvalue weighted by atomic mass is 35.5. The number of urea groups is 1. The zero-order valence-corrected chi connectivity index (χ0v) is 16.9. The number of carbonyl (C=O) groups excluding carboxylic acids is 1. The van der Waals surface area contributed by atoms with Gasteiger partial charge in [-0.3, -0.25) is 0 Å². The average Bonchev–Trinajstić information content (AvgIpc) is 2.65. The zero-order chi connectivity index (χ0) is 19.8. The van der Waals surface area contributed by atoms with Gasteiger partial charge in [-0.1, -0.05) is 29.3 Å². The first-order valence-electron chi connectivity index (χ1n) is 8.26. The molecule has 0 bridgehead atoms. The van der Waals surface area contributed by atoms with Gasteiger partial charge < -0.3 is 24.8 Å². The van der Waals surface area contributed by atoms with Crippen LogP contribution >= 0.6 is 23.2 Å². The summed E-state index contributed by atoms with van der Waals surface area (Å²) in [5.74, 6) is 1.19. The van der Waals surface area contributed by atoms with Crippen molar-refractivity contribution in [2.24, 2.45) is 0 Å². The van der Waals surface area contributed by atoms with Crippen LogP contribution in [0.4, 0.5) is 10.5 Å². The van der Waals surface area contributed by atoms with Crippen LogP contribution in [-0.4, -0.2) is 33.5 Å². The highest BCUT2D eigenvalue weighted by Gasteiger charge is 2.14. The first kappa shape index (κ1) is 21.2. The van der Waals surface area contributed by atoms with Crippen LogP contribution in [0.15, 0.2) is 36.4 Å². The normalized spacial score (nSPS) is 11.6. The predicted molar refractivity (Wildman–Crippen MR) is 107 cm³/mol. The lowest BCUT2D eigenvalue weighted by Gasteiger charge is -2.18. The maximum absolute atomic E-state index is 12.3. The smallest absolute Gasteiger partial charge is 0.319 e. The first-order valence-corrected chi connectivity index (χ1v) is 9.02. The van der Waals surface area contributed by atoms with Gasteiger partial charge in [0.25, 0.3) is 0 Å².